The van der Waals surface area contributed by atoms with E-state index >= 15 is 0 Å². The minimum absolute atomic E-state index is 0.0111. The Morgan fingerprint density at radius 3 is 2.68 bits per heavy atom. The molecule has 0 saturated heterocycles. The van der Waals surface area contributed by atoms with Gasteiger partial charge in [0, 0.05) is 9.50 Å². The van der Waals surface area contributed by atoms with Gasteiger partial charge >= 0.3 is 0 Å². The second kappa shape index (κ2) is 7.31. The van der Waals surface area contributed by atoms with Gasteiger partial charge in [0.05, 0.1) is 10.7 Å². The molecule has 7 heteroatoms. The van der Waals surface area contributed by atoms with E-state index in [1.54, 1.807) is 18.2 Å². The number of carbonyl (C=O) groups is 1. The Balaban J connectivity index is 2.07. The first-order chi connectivity index (χ1) is 10.4. The van der Waals surface area contributed by atoms with E-state index in [0.29, 0.717) is 20.2 Å². The van der Waals surface area contributed by atoms with E-state index in [-0.39, 0.29) is 5.75 Å². The van der Waals surface area contributed by atoms with Crippen LogP contribution >= 0.6 is 39.1 Å². The van der Waals surface area contributed by atoms with Crippen molar-refractivity contribution in [3.63, 3.8) is 0 Å². The van der Waals surface area contributed by atoms with Gasteiger partial charge in [0.25, 0.3) is 5.91 Å². The summed E-state index contributed by atoms with van der Waals surface area (Å²) >= 11 is 15.0. The van der Waals surface area contributed by atoms with Gasteiger partial charge in [-0.25, -0.2) is 4.39 Å². The molecule has 0 radical (unpaired) electrons. The van der Waals surface area contributed by atoms with Gasteiger partial charge in [-0.15, -0.1) is 0 Å². The topological polar surface area (TPSA) is 38.3 Å². The van der Waals surface area contributed by atoms with Crippen molar-refractivity contribution in [1.82, 2.24) is 0 Å². The van der Waals surface area contributed by atoms with Crippen LogP contribution in [-0.2, 0) is 4.79 Å². The van der Waals surface area contributed by atoms with Crippen molar-refractivity contribution in [2.75, 3.05) is 5.32 Å². The quantitative estimate of drug-likeness (QED) is 0.747. The highest BCUT2D eigenvalue weighted by Crippen LogP contribution is 2.26. The molecule has 0 spiro atoms. The number of hydrogen-bond donors (Lipinski definition) is 1. The maximum Gasteiger partial charge on any atom is 0.265 e. The number of nitrogens with one attached hydrogen (secondary N) is 1. The van der Waals surface area contributed by atoms with Crippen LogP contribution in [0.25, 0.3) is 0 Å². The van der Waals surface area contributed by atoms with Gasteiger partial charge in [0.2, 0.25) is 0 Å². The summed E-state index contributed by atoms with van der Waals surface area (Å²) in [4.78, 5) is 12.1. The van der Waals surface area contributed by atoms with Crippen molar-refractivity contribution in [3.8, 4) is 5.75 Å². The predicted molar refractivity (Wildman–Crippen MR) is 89.3 cm³/mol. The van der Waals surface area contributed by atoms with Crippen molar-refractivity contribution in [2.45, 2.75) is 13.0 Å². The minimum Gasteiger partial charge on any atom is -0.478 e. The fraction of sp³-hybridized carbons (Fsp3) is 0.133. The Labute approximate surface area is 145 Å². The van der Waals surface area contributed by atoms with E-state index < -0.39 is 17.8 Å². The third-order valence-electron chi connectivity index (χ3n) is 2.75. The van der Waals surface area contributed by atoms with Gasteiger partial charge in [0.1, 0.15) is 0 Å². The summed E-state index contributed by atoms with van der Waals surface area (Å²) < 4.78 is 19.6. The highest BCUT2D eigenvalue weighted by molar-refractivity contribution is 9.10. The highest BCUT2D eigenvalue weighted by atomic mass is 79.9. The standard InChI is InChI=1S/C15H11BrCl2FNO2/c1-8(22-14-5-2-9(16)6-12(14)19)15(21)20-13-7-10(17)3-4-11(13)18/h2-8H,1H3,(H,20,21)/t8-/m0/s1. The van der Waals surface area contributed by atoms with E-state index in [1.807, 2.05) is 0 Å². The molecule has 2 aromatic rings. The molecule has 2 rings (SSSR count). The van der Waals surface area contributed by atoms with Gasteiger partial charge in [-0.05, 0) is 43.3 Å². The van der Waals surface area contributed by atoms with Crippen LogP contribution in [0.4, 0.5) is 10.1 Å². The van der Waals surface area contributed by atoms with Crippen LogP contribution in [0.15, 0.2) is 40.9 Å². The molecule has 0 aliphatic rings. The number of ether oxygens (including phenoxy) is 1. The third kappa shape index (κ3) is 4.35. The summed E-state index contributed by atoms with van der Waals surface area (Å²) in [5.41, 5.74) is 0.367. The largest absolute Gasteiger partial charge is 0.478 e. The molecule has 116 valence electrons. The number of hydrogen-bond acceptors (Lipinski definition) is 2. The van der Waals surface area contributed by atoms with E-state index in [4.69, 9.17) is 27.9 Å². The molecule has 1 atom stereocenters. The summed E-state index contributed by atoms with van der Waals surface area (Å²) in [5.74, 6) is -1.04. The molecule has 0 fully saturated rings. The molecule has 2 aromatic carbocycles. The third-order valence-corrected chi connectivity index (χ3v) is 3.81. The van der Waals surface area contributed by atoms with E-state index in [9.17, 15) is 9.18 Å². The van der Waals surface area contributed by atoms with E-state index in [1.165, 1.54) is 25.1 Å². The van der Waals surface area contributed by atoms with Crippen molar-refractivity contribution >= 4 is 50.7 Å². The van der Waals surface area contributed by atoms with Crippen LogP contribution < -0.4 is 10.1 Å². The lowest BCUT2D eigenvalue weighted by Crippen LogP contribution is -2.30. The molecule has 0 aromatic heterocycles. The predicted octanol–water partition coefficient (Wildman–Crippen LogP) is 5.30. The normalized spacial score (nSPS) is 11.9. The fourth-order valence-electron chi connectivity index (χ4n) is 1.64. The summed E-state index contributed by atoms with van der Waals surface area (Å²) in [6, 6.07) is 9.02. The van der Waals surface area contributed by atoms with Crippen molar-refractivity contribution < 1.29 is 13.9 Å². The molecule has 0 heterocycles. The zero-order chi connectivity index (χ0) is 16.3. The van der Waals surface area contributed by atoms with Crippen LogP contribution in [0.3, 0.4) is 0 Å². The lowest BCUT2D eigenvalue weighted by Gasteiger charge is -2.16. The van der Waals surface area contributed by atoms with Gasteiger partial charge in [-0.1, -0.05) is 39.1 Å². The van der Waals surface area contributed by atoms with Gasteiger partial charge in [0.15, 0.2) is 17.7 Å². The lowest BCUT2D eigenvalue weighted by atomic mass is 10.3. The fourth-order valence-corrected chi connectivity index (χ4v) is 2.31. The lowest BCUT2D eigenvalue weighted by molar-refractivity contribution is -0.122. The Morgan fingerprint density at radius 2 is 2.00 bits per heavy atom. The van der Waals surface area contributed by atoms with E-state index in [0.717, 1.165) is 0 Å². The van der Waals surface area contributed by atoms with Crippen LogP contribution in [0.2, 0.25) is 10.0 Å². The maximum absolute atomic E-state index is 13.7. The zero-order valence-corrected chi connectivity index (χ0v) is 14.5. The first-order valence-corrected chi connectivity index (χ1v) is 7.79. The van der Waals surface area contributed by atoms with Gasteiger partial charge in [-0.2, -0.15) is 0 Å². The minimum atomic E-state index is -0.911. The van der Waals surface area contributed by atoms with Crippen molar-refractivity contribution in [3.05, 3.63) is 56.7 Å². The molecule has 0 aliphatic carbocycles. The second-order valence-electron chi connectivity index (χ2n) is 4.45. The van der Waals surface area contributed by atoms with Crippen LogP contribution in [0.1, 0.15) is 6.92 Å². The summed E-state index contributed by atoms with van der Waals surface area (Å²) in [6.45, 7) is 1.51. The number of anilines is 1. The van der Waals surface area contributed by atoms with Crippen LogP contribution in [0, 0.1) is 5.82 Å². The van der Waals surface area contributed by atoms with Crippen molar-refractivity contribution in [2.24, 2.45) is 0 Å². The molecule has 1 N–H and O–H groups in total. The molecule has 3 nitrogen and oxygen atoms in total. The average molecular weight is 407 g/mol. The summed E-state index contributed by atoms with van der Waals surface area (Å²) in [6.07, 6.45) is -0.911. The molecule has 1 amide bonds. The summed E-state index contributed by atoms with van der Waals surface area (Å²) in [5, 5.41) is 3.37. The first kappa shape index (κ1) is 17.1. The Bertz CT molecular complexity index is 712. The second-order valence-corrected chi connectivity index (χ2v) is 6.21. The molecule has 22 heavy (non-hydrogen) atoms. The van der Waals surface area contributed by atoms with Gasteiger partial charge < -0.3 is 10.1 Å². The molecular formula is C15H11BrCl2FNO2. The van der Waals surface area contributed by atoms with E-state index in [2.05, 4.69) is 21.2 Å². The molecule has 0 unspecified atom stereocenters. The smallest absolute Gasteiger partial charge is 0.265 e. The van der Waals surface area contributed by atoms with Crippen LogP contribution in [0.5, 0.6) is 5.75 Å². The Kier molecular flexibility index (Phi) is 5.67. The maximum atomic E-state index is 13.7. The number of rotatable bonds is 4. The zero-order valence-electron chi connectivity index (χ0n) is 11.4. The van der Waals surface area contributed by atoms with Crippen LogP contribution in [-0.4, -0.2) is 12.0 Å². The molecule has 0 bridgehead atoms. The average Bonchev–Trinajstić information content (AvgIpc) is 2.45. The number of carbonyl (C=O) groups excluding carboxylic acids is 1. The van der Waals surface area contributed by atoms with Gasteiger partial charge in [-0.3, -0.25) is 4.79 Å². The number of amides is 1. The first-order valence-electron chi connectivity index (χ1n) is 6.24. The molecule has 0 saturated carbocycles. The summed E-state index contributed by atoms with van der Waals surface area (Å²) in [7, 11) is 0. The molecular weight excluding hydrogens is 396 g/mol. The SMILES string of the molecule is C[C@H](Oc1ccc(Br)cc1F)C(=O)Nc1cc(Cl)ccc1Cl. The Morgan fingerprint density at radius 1 is 1.27 bits per heavy atom. The highest BCUT2D eigenvalue weighted by Gasteiger charge is 2.18. The Hall–Kier alpha value is -1.30. The monoisotopic (exact) mass is 405 g/mol. The van der Waals surface area contributed by atoms with Crippen molar-refractivity contribution in [1.29, 1.82) is 0 Å². The number of benzene rings is 2. The number of halogens is 4. The molecule has 0 aliphatic heterocycles.